The number of carboxylic acids is 1. The standard InChI is InChI=1S/C11H7F3O4/c12-11(13,14)18-9-4-2-1-3-7(9)5-6-8(15)10(16)17/h1-6H,(H,16,17)/b6-5+. The fraction of sp³-hybridized carbons (Fsp3) is 0.0909. The van der Waals surface area contributed by atoms with Crippen LogP contribution in [-0.2, 0) is 9.59 Å². The van der Waals surface area contributed by atoms with Crippen molar-refractivity contribution in [3.05, 3.63) is 35.9 Å². The molecule has 18 heavy (non-hydrogen) atoms. The Morgan fingerprint density at radius 3 is 2.39 bits per heavy atom. The summed E-state index contributed by atoms with van der Waals surface area (Å²) in [7, 11) is 0. The fourth-order valence-corrected chi connectivity index (χ4v) is 1.07. The largest absolute Gasteiger partial charge is 0.573 e. The van der Waals surface area contributed by atoms with E-state index in [0.717, 1.165) is 12.1 Å². The van der Waals surface area contributed by atoms with Crippen molar-refractivity contribution in [2.24, 2.45) is 0 Å². The first kappa shape index (κ1) is 13.8. The van der Waals surface area contributed by atoms with Gasteiger partial charge in [-0.2, -0.15) is 0 Å². The van der Waals surface area contributed by atoms with Gasteiger partial charge in [-0.3, -0.25) is 4.79 Å². The number of hydrogen-bond donors (Lipinski definition) is 1. The third-order valence-corrected chi connectivity index (χ3v) is 1.77. The normalized spacial score (nSPS) is 11.5. The van der Waals surface area contributed by atoms with Crippen LogP contribution in [0.1, 0.15) is 5.56 Å². The molecule has 1 aromatic rings. The SMILES string of the molecule is O=C(O)C(=O)/C=C/c1ccccc1OC(F)(F)F. The van der Waals surface area contributed by atoms with E-state index < -0.39 is 23.9 Å². The van der Waals surface area contributed by atoms with E-state index in [9.17, 15) is 22.8 Å². The van der Waals surface area contributed by atoms with E-state index in [4.69, 9.17) is 5.11 Å². The Hall–Kier alpha value is -2.31. The quantitative estimate of drug-likeness (QED) is 0.666. The highest BCUT2D eigenvalue weighted by Crippen LogP contribution is 2.26. The van der Waals surface area contributed by atoms with E-state index in [-0.39, 0.29) is 5.56 Å². The topological polar surface area (TPSA) is 63.6 Å². The number of halogens is 3. The minimum absolute atomic E-state index is 0.0515. The molecule has 0 aliphatic heterocycles. The monoisotopic (exact) mass is 260 g/mol. The van der Waals surface area contributed by atoms with Gasteiger partial charge < -0.3 is 9.84 Å². The van der Waals surface area contributed by atoms with E-state index in [1.807, 2.05) is 0 Å². The van der Waals surface area contributed by atoms with Crippen LogP contribution in [0.15, 0.2) is 30.3 Å². The molecule has 0 aromatic heterocycles. The average Bonchev–Trinajstić information content (AvgIpc) is 2.25. The molecule has 0 saturated carbocycles. The van der Waals surface area contributed by atoms with E-state index in [2.05, 4.69) is 4.74 Å². The average molecular weight is 260 g/mol. The molecule has 0 unspecified atom stereocenters. The van der Waals surface area contributed by atoms with Crippen LogP contribution in [0.5, 0.6) is 5.75 Å². The number of ketones is 1. The lowest BCUT2D eigenvalue weighted by Crippen LogP contribution is -2.17. The molecule has 0 saturated heterocycles. The third kappa shape index (κ3) is 4.28. The van der Waals surface area contributed by atoms with Crippen molar-refractivity contribution >= 4 is 17.8 Å². The van der Waals surface area contributed by atoms with Crippen LogP contribution in [0, 0.1) is 0 Å². The van der Waals surface area contributed by atoms with Gasteiger partial charge in [-0.15, -0.1) is 13.2 Å². The third-order valence-electron chi connectivity index (χ3n) is 1.77. The van der Waals surface area contributed by atoms with Crippen molar-refractivity contribution in [3.8, 4) is 5.75 Å². The van der Waals surface area contributed by atoms with Crippen molar-refractivity contribution in [2.75, 3.05) is 0 Å². The molecule has 1 N–H and O–H groups in total. The smallest absolute Gasteiger partial charge is 0.475 e. The fourth-order valence-electron chi connectivity index (χ4n) is 1.07. The summed E-state index contributed by atoms with van der Waals surface area (Å²) in [6, 6.07) is 5.05. The summed E-state index contributed by atoms with van der Waals surface area (Å²) in [6.45, 7) is 0. The van der Waals surface area contributed by atoms with Gasteiger partial charge >= 0.3 is 12.3 Å². The summed E-state index contributed by atoms with van der Waals surface area (Å²) < 4.78 is 39.8. The Morgan fingerprint density at radius 1 is 1.22 bits per heavy atom. The molecule has 1 aromatic carbocycles. The van der Waals surface area contributed by atoms with Crippen LogP contribution in [0.25, 0.3) is 6.08 Å². The maximum atomic E-state index is 12.0. The number of carbonyl (C=O) groups excluding carboxylic acids is 1. The van der Waals surface area contributed by atoms with Crippen molar-refractivity contribution in [2.45, 2.75) is 6.36 Å². The highest BCUT2D eigenvalue weighted by atomic mass is 19.4. The number of benzene rings is 1. The van der Waals surface area contributed by atoms with E-state index in [1.54, 1.807) is 0 Å². The Labute approximate surface area is 99.3 Å². The number of rotatable bonds is 4. The first-order valence-electron chi connectivity index (χ1n) is 4.60. The zero-order valence-electron chi connectivity index (χ0n) is 8.77. The first-order valence-corrected chi connectivity index (χ1v) is 4.60. The van der Waals surface area contributed by atoms with Crippen LogP contribution in [0.2, 0.25) is 0 Å². The molecule has 0 aliphatic rings. The second kappa shape index (κ2) is 5.35. The van der Waals surface area contributed by atoms with Gasteiger partial charge in [-0.25, -0.2) is 4.79 Å². The molecule has 0 fully saturated rings. The number of ether oxygens (including phenoxy) is 1. The zero-order valence-corrected chi connectivity index (χ0v) is 8.77. The summed E-state index contributed by atoms with van der Waals surface area (Å²) in [5.74, 6) is -3.45. The zero-order chi connectivity index (χ0) is 13.8. The van der Waals surface area contributed by atoms with Crippen LogP contribution >= 0.6 is 0 Å². The lowest BCUT2D eigenvalue weighted by Gasteiger charge is -2.10. The Kier molecular flexibility index (Phi) is 4.09. The van der Waals surface area contributed by atoms with Crippen molar-refractivity contribution in [1.29, 1.82) is 0 Å². The van der Waals surface area contributed by atoms with Gasteiger partial charge in [0.1, 0.15) is 5.75 Å². The lowest BCUT2D eigenvalue weighted by atomic mass is 10.1. The maximum Gasteiger partial charge on any atom is 0.573 e. The van der Waals surface area contributed by atoms with E-state index in [0.29, 0.717) is 6.08 Å². The highest BCUT2D eigenvalue weighted by Gasteiger charge is 2.31. The molecule has 0 atom stereocenters. The summed E-state index contributed by atoms with van der Waals surface area (Å²) in [4.78, 5) is 21.0. The highest BCUT2D eigenvalue weighted by molar-refractivity contribution is 6.38. The van der Waals surface area contributed by atoms with Gasteiger partial charge in [-0.05, 0) is 18.2 Å². The van der Waals surface area contributed by atoms with E-state index in [1.165, 1.54) is 18.2 Å². The molecule has 4 nitrogen and oxygen atoms in total. The number of hydrogen-bond acceptors (Lipinski definition) is 3. The van der Waals surface area contributed by atoms with Crippen LogP contribution < -0.4 is 4.74 Å². The minimum Gasteiger partial charge on any atom is -0.475 e. The molecule has 96 valence electrons. The number of alkyl halides is 3. The van der Waals surface area contributed by atoms with E-state index >= 15 is 0 Å². The molecular formula is C11H7F3O4. The molecule has 0 heterocycles. The van der Waals surface area contributed by atoms with Gasteiger partial charge in [0.15, 0.2) is 0 Å². The summed E-state index contributed by atoms with van der Waals surface area (Å²) in [5, 5.41) is 8.30. The van der Waals surface area contributed by atoms with Gasteiger partial charge in [-0.1, -0.05) is 18.2 Å². The first-order chi connectivity index (χ1) is 8.29. The van der Waals surface area contributed by atoms with Crippen LogP contribution in [0.3, 0.4) is 0 Å². The molecule has 0 amide bonds. The number of carbonyl (C=O) groups is 2. The molecule has 1 rings (SSSR count). The summed E-state index contributed by atoms with van der Waals surface area (Å²) >= 11 is 0. The van der Waals surface area contributed by atoms with Crippen LogP contribution in [0.4, 0.5) is 13.2 Å². The Bertz CT molecular complexity index is 491. The molecule has 0 radical (unpaired) electrons. The van der Waals surface area contributed by atoms with Gasteiger partial charge in [0.2, 0.25) is 0 Å². The Balaban J connectivity index is 2.96. The lowest BCUT2D eigenvalue weighted by molar-refractivity contribution is -0.274. The molecule has 7 heteroatoms. The molecule has 0 aliphatic carbocycles. The molecule has 0 spiro atoms. The van der Waals surface area contributed by atoms with Crippen molar-refractivity contribution < 1.29 is 32.6 Å². The van der Waals surface area contributed by atoms with Crippen LogP contribution in [-0.4, -0.2) is 23.2 Å². The minimum atomic E-state index is -4.86. The van der Waals surface area contributed by atoms with Crippen molar-refractivity contribution in [1.82, 2.24) is 0 Å². The molecule has 0 bridgehead atoms. The second-order valence-corrected chi connectivity index (χ2v) is 3.09. The van der Waals surface area contributed by atoms with Crippen molar-refractivity contribution in [3.63, 3.8) is 0 Å². The Morgan fingerprint density at radius 2 is 1.83 bits per heavy atom. The predicted molar refractivity (Wildman–Crippen MR) is 54.8 cm³/mol. The maximum absolute atomic E-state index is 12.0. The van der Waals surface area contributed by atoms with Gasteiger partial charge in [0.05, 0.1) is 0 Å². The second-order valence-electron chi connectivity index (χ2n) is 3.09. The summed E-state index contributed by atoms with van der Waals surface area (Å²) in [6.07, 6.45) is -3.26. The summed E-state index contributed by atoms with van der Waals surface area (Å²) in [5.41, 5.74) is -0.0515. The number of para-hydroxylation sites is 1. The number of aliphatic carboxylic acids is 1. The van der Waals surface area contributed by atoms with Gasteiger partial charge in [0.25, 0.3) is 5.78 Å². The predicted octanol–water partition coefficient (Wildman–Crippen LogP) is 2.25. The molecular weight excluding hydrogens is 253 g/mol. The number of carboxylic acid groups (broad SMARTS) is 1. The van der Waals surface area contributed by atoms with Gasteiger partial charge in [0, 0.05) is 5.56 Å².